The molecule has 0 aromatic heterocycles. The van der Waals surface area contributed by atoms with E-state index in [1.54, 1.807) is 18.2 Å². The van der Waals surface area contributed by atoms with Crippen molar-refractivity contribution in [3.8, 4) is 5.75 Å². The molecule has 1 saturated carbocycles. The molecule has 7 heteroatoms. The first-order valence-corrected chi connectivity index (χ1v) is 9.36. The van der Waals surface area contributed by atoms with E-state index in [-0.39, 0.29) is 36.3 Å². The van der Waals surface area contributed by atoms with Gasteiger partial charge in [-0.2, -0.15) is 0 Å². The summed E-state index contributed by atoms with van der Waals surface area (Å²) in [5.74, 6) is -0.799. The number of likely N-dealkylation sites (tertiary alicyclic amines) is 1. The van der Waals surface area contributed by atoms with Crippen molar-refractivity contribution in [3.05, 3.63) is 23.2 Å². The Bertz CT molecular complexity index is 710. The van der Waals surface area contributed by atoms with Crippen LogP contribution >= 0.6 is 11.6 Å². The zero-order valence-corrected chi connectivity index (χ0v) is 15.7. The van der Waals surface area contributed by atoms with Crippen LogP contribution in [0.3, 0.4) is 0 Å². The third kappa shape index (κ3) is 3.85. The van der Waals surface area contributed by atoms with Gasteiger partial charge in [-0.3, -0.25) is 19.3 Å². The number of hydrogen-bond acceptors (Lipinski definition) is 4. The van der Waals surface area contributed by atoms with Gasteiger partial charge in [0.25, 0.3) is 0 Å². The SMILES string of the molecule is CC(C)Oc1ccc(NC(=O)CN2C(=O)C3CCCCC3C2=O)cc1Cl. The average Bonchev–Trinajstić information content (AvgIpc) is 2.82. The molecule has 3 amide bonds. The van der Waals surface area contributed by atoms with Crippen molar-refractivity contribution < 1.29 is 19.1 Å². The van der Waals surface area contributed by atoms with Gasteiger partial charge in [0, 0.05) is 5.69 Å². The van der Waals surface area contributed by atoms with Crippen molar-refractivity contribution in [1.29, 1.82) is 0 Å². The second-order valence-electron chi connectivity index (χ2n) is 7.12. The van der Waals surface area contributed by atoms with Gasteiger partial charge < -0.3 is 10.1 Å². The maximum absolute atomic E-state index is 12.4. The molecule has 2 atom stereocenters. The smallest absolute Gasteiger partial charge is 0.244 e. The number of ether oxygens (including phenoxy) is 1. The van der Waals surface area contributed by atoms with Crippen LogP contribution in [0.5, 0.6) is 5.75 Å². The van der Waals surface area contributed by atoms with Crippen molar-refractivity contribution in [1.82, 2.24) is 4.90 Å². The van der Waals surface area contributed by atoms with E-state index in [0.717, 1.165) is 30.6 Å². The Hall–Kier alpha value is -2.08. The van der Waals surface area contributed by atoms with Gasteiger partial charge in [-0.25, -0.2) is 0 Å². The van der Waals surface area contributed by atoms with Crippen LogP contribution in [0.15, 0.2) is 18.2 Å². The van der Waals surface area contributed by atoms with Gasteiger partial charge in [-0.1, -0.05) is 24.4 Å². The number of carbonyl (C=O) groups excluding carboxylic acids is 3. The highest BCUT2D eigenvalue weighted by molar-refractivity contribution is 6.32. The summed E-state index contributed by atoms with van der Waals surface area (Å²) in [6.45, 7) is 3.54. The second-order valence-corrected chi connectivity index (χ2v) is 7.53. The number of nitrogens with one attached hydrogen (secondary N) is 1. The van der Waals surface area contributed by atoms with Gasteiger partial charge in [-0.05, 0) is 44.9 Å². The van der Waals surface area contributed by atoms with Crippen molar-refractivity contribution >= 4 is 35.0 Å². The molecule has 0 radical (unpaired) electrons. The molecule has 3 rings (SSSR count). The summed E-state index contributed by atoms with van der Waals surface area (Å²) in [6.07, 6.45) is 3.39. The van der Waals surface area contributed by atoms with Gasteiger partial charge in [-0.15, -0.1) is 0 Å². The summed E-state index contributed by atoms with van der Waals surface area (Å²) in [6, 6.07) is 4.94. The predicted octanol–water partition coefficient (Wildman–Crippen LogP) is 3.24. The van der Waals surface area contributed by atoms with Crippen LogP contribution < -0.4 is 10.1 Å². The lowest BCUT2D eigenvalue weighted by atomic mass is 9.81. The minimum Gasteiger partial charge on any atom is -0.489 e. The van der Waals surface area contributed by atoms with Crippen molar-refractivity contribution in [2.24, 2.45) is 11.8 Å². The van der Waals surface area contributed by atoms with Crippen LogP contribution in [0.25, 0.3) is 0 Å². The summed E-state index contributed by atoms with van der Waals surface area (Å²) in [7, 11) is 0. The summed E-state index contributed by atoms with van der Waals surface area (Å²) in [5, 5.41) is 3.07. The Morgan fingerprint density at radius 3 is 2.38 bits per heavy atom. The predicted molar refractivity (Wildman–Crippen MR) is 98.0 cm³/mol. The summed E-state index contributed by atoms with van der Waals surface area (Å²) in [5.41, 5.74) is 0.493. The van der Waals surface area contributed by atoms with Gasteiger partial charge in [0.1, 0.15) is 12.3 Å². The molecule has 1 aliphatic carbocycles. The third-order valence-corrected chi connectivity index (χ3v) is 5.11. The van der Waals surface area contributed by atoms with Crippen molar-refractivity contribution in [2.75, 3.05) is 11.9 Å². The van der Waals surface area contributed by atoms with E-state index >= 15 is 0 Å². The monoisotopic (exact) mass is 378 g/mol. The standard InChI is InChI=1S/C19H23ClN2O4/c1-11(2)26-16-8-7-12(9-15(16)20)21-17(23)10-22-18(24)13-5-3-4-6-14(13)19(22)25/h7-9,11,13-14H,3-6,10H2,1-2H3,(H,21,23). The number of imide groups is 1. The Morgan fingerprint density at radius 1 is 1.23 bits per heavy atom. The Kier molecular flexibility index (Phi) is 5.51. The molecule has 6 nitrogen and oxygen atoms in total. The lowest BCUT2D eigenvalue weighted by Crippen LogP contribution is -2.38. The highest BCUT2D eigenvalue weighted by atomic mass is 35.5. The third-order valence-electron chi connectivity index (χ3n) is 4.81. The largest absolute Gasteiger partial charge is 0.489 e. The fraction of sp³-hybridized carbons (Fsp3) is 0.526. The second kappa shape index (κ2) is 7.66. The Balaban J connectivity index is 1.63. The van der Waals surface area contributed by atoms with Crippen LogP contribution in [0.1, 0.15) is 39.5 Å². The topological polar surface area (TPSA) is 75.7 Å². The van der Waals surface area contributed by atoms with E-state index in [0.29, 0.717) is 16.5 Å². The molecule has 0 bridgehead atoms. The number of carbonyl (C=O) groups is 3. The van der Waals surface area contributed by atoms with Crippen molar-refractivity contribution in [3.63, 3.8) is 0 Å². The van der Waals surface area contributed by atoms with Gasteiger partial charge in [0.05, 0.1) is 23.0 Å². The summed E-state index contributed by atoms with van der Waals surface area (Å²) in [4.78, 5) is 38.3. The van der Waals surface area contributed by atoms with E-state index in [4.69, 9.17) is 16.3 Å². The highest BCUT2D eigenvalue weighted by Gasteiger charge is 2.48. The first kappa shape index (κ1) is 18.7. The van der Waals surface area contributed by atoms with Crippen LogP contribution in [-0.4, -0.2) is 35.3 Å². The Labute approximate surface area is 157 Å². The number of anilines is 1. The minimum atomic E-state index is -0.418. The normalized spacial score (nSPS) is 22.5. The zero-order valence-electron chi connectivity index (χ0n) is 15.0. The lowest BCUT2D eigenvalue weighted by Gasteiger charge is -2.19. The van der Waals surface area contributed by atoms with E-state index in [1.807, 2.05) is 13.8 Å². The lowest BCUT2D eigenvalue weighted by molar-refractivity contribution is -0.142. The first-order valence-electron chi connectivity index (χ1n) is 8.98. The molecule has 1 aromatic carbocycles. The first-order chi connectivity index (χ1) is 12.4. The quantitative estimate of drug-likeness (QED) is 0.798. The van der Waals surface area contributed by atoms with Crippen molar-refractivity contribution in [2.45, 2.75) is 45.6 Å². The van der Waals surface area contributed by atoms with Crippen LogP contribution in [0, 0.1) is 11.8 Å². The van der Waals surface area contributed by atoms with Gasteiger partial charge in [0.15, 0.2) is 0 Å². The number of halogens is 1. The molecule has 2 unspecified atom stereocenters. The van der Waals surface area contributed by atoms with Crippen LogP contribution in [0.4, 0.5) is 5.69 Å². The summed E-state index contributed by atoms with van der Waals surface area (Å²) < 4.78 is 5.55. The fourth-order valence-corrected chi connectivity index (χ4v) is 3.88. The molecule has 2 aliphatic rings. The molecule has 0 spiro atoms. The van der Waals surface area contributed by atoms with E-state index < -0.39 is 5.91 Å². The number of rotatable bonds is 5. The molecule has 140 valence electrons. The van der Waals surface area contributed by atoms with Crippen LogP contribution in [0.2, 0.25) is 5.02 Å². The maximum atomic E-state index is 12.4. The average molecular weight is 379 g/mol. The molecule has 1 aromatic rings. The molecule has 26 heavy (non-hydrogen) atoms. The Morgan fingerprint density at radius 2 is 1.85 bits per heavy atom. The fourth-order valence-electron chi connectivity index (χ4n) is 3.66. The number of nitrogens with zero attached hydrogens (tertiary/aromatic N) is 1. The minimum absolute atomic E-state index is 0.0105. The number of amides is 3. The number of hydrogen-bond donors (Lipinski definition) is 1. The molecule has 1 aliphatic heterocycles. The van der Waals surface area contributed by atoms with E-state index in [1.165, 1.54) is 0 Å². The van der Waals surface area contributed by atoms with Gasteiger partial charge in [0.2, 0.25) is 17.7 Å². The van der Waals surface area contributed by atoms with Gasteiger partial charge >= 0.3 is 0 Å². The maximum Gasteiger partial charge on any atom is 0.244 e. The zero-order chi connectivity index (χ0) is 18.8. The summed E-state index contributed by atoms with van der Waals surface area (Å²) >= 11 is 6.16. The molecular weight excluding hydrogens is 356 g/mol. The van der Waals surface area contributed by atoms with E-state index in [2.05, 4.69) is 5.32 Å². The molecule has 1 saturated heterocycles. The number of benzene rings is 1. The number of fused-ring (bicyclic) bond motifs is 1. The molecular formula is C19H23ClN2O4. The van der Waals surface area contributed by atoms with E-state index in [9.17, 15) is 14.4 Å². The molecule has 1 N–H and O–H groups in total. The molecule has 1 heterocycles. The highest BCUT2D eigenvalue weighted by Crippen LogP contribution is 2.38. The molecule has 2 fully saturated rings. The van der Waals surface area contributed by atoms with Crippen LogP contribution in [-0.2, 0) is 14.4 Å².